The second-order valence-electron chi connectivity index (χ2n) is 4.78. The summed E-state index contributed by atoms with van der Waals surface area (Å²) in [5, 5.41) is 11.1. The molecule has 0 spiro atoms. The number of amides is 1. The van der Waals surface area contributed by atoms with Crippen molar-refractivity contribution < 1.29 is 9.72 Å². The molecular formula is C14H15N5O3. The number of nitrogens with zero attached hydrogens (tertiary/aromatic N) is 3. The lowest BCUT2D eigenvalue weighted by molar-refractivity contribution is -0.385. The summed E-state index contributed by atoms with van der Waals surface area (Å²) in [5.41, 5.74) is 6.59. The highest BCUT2D eigenvalue weighted by atomic mass is 16.6. The van der Waals surface area contributed by atoms with E-state index in [1.165, 1.54) is 6.07 Å². The quantitative estimate of drug-likeness (QED) is 0.660. The van der Waals surface area contributed by atoms with Gasteiger partial charge in [-0.3, -0.25) is 25.8 Å². The lowest BCUT2D eigenvalue weighted by atomic mass is 10.1. The number of benzene rings is 1. The van der Waals surface area contributed by atoms with Crippen molar-refractivity contribution >= 4 is 17.5 Å². The van der Waals surface area contributed by atoms with Crippen LogP contribution in [0.4, 0.5) is 11.6 Å². The molecule has 0 aliphatic carbocycles. The minimum atomic E-state index is -0.627. The van der Waals surface area contributed by atoms with Gasteiger partial charge in [-0.05, 0) is 32.9 Å². The fourth-order valence-corrected chi connectivity index (χ4v) is 2.05. The highest BCUT2D eigenvalue weighted by Gasteiger charge is 2.22. The number of rotatable bonds is 4. The zero-order valence-corrected chi connectivity index (χ0v) is 12.4. The van der Waals surface area contributed by atoms with Crippen molar-refractivity contribution in [3.05, 3.63) is 56.9 Å². The Bertz CT molecular complexity index is 725. The van der Waals surface area contributed by atoms with Gasteiger partial charge in [0, 0.05) is 17.0 Å². The SMILES string of the molecule is Cc1cc(C)nc(NNC(=O)c2cccc(C)c2[N+](=O)[O-])n1. The number of anilines is 1. The van der Waals surface area contributed by atoms with Gasteiger partial charge in [0.15, 0.2) is 0 Å². The molecule has 8 heteroatoms. The molecule has 0 aliphatic heterocycles. The number of hydrogen-bond donors (Lipinski definition) is 2. The van der Waals surface area contributed by atoms with Crippen molar-refractivity contribution in [2.24, 2.45) is 0 Å². The molecule has 0 aliphatic rings. The highest BCUT2D eigenvalue weighted by molar-refractivity contribution is 5.99. The van der Waals surface area contributed by atoms with E-state index in [-0.39, 0.29) is 17.2 Å². The average molecular weight is 301 g/mol. The molecule has 0 unspecified atom stereocenters. The largest absolute Gasteiger partial charge is 0.285 e. The number of nitro groups is 1. The first-order valence-corrected chi connectivity index (χ1v) is 6.51. The van der Waals surface area contributed by atoms with Gasteiger partial charge in [-0.25, -0.2) is 9.97 Å². The van der Waals surface area contributed by atoms with E-state index < -0.39 is 10.8 Å². The van der Waals surface area contributed by atoms with Crippen molar-refractivity contribution in [1.29, 1.82) is 0 Å². The van der Waals surface area contributed by atoms with Crippen molar-refractivity contribution in [3.63, 3.8) is 0 Å². The van der Waals surface area contributed by atoms with E-state index in [2.05, 4.69) is 20.8 Å². The molecule has 0 saturated carbocycles. The van der Waals surface area contributed by atoms with E-state index in [9.17, 15) is 14.9 Å². The number of nitrogens with one attached hydrogen (secondary N) is 2. The normalized spacial score (nSPS) is 10.1. The summed E-state index contributed by atoms with van der Waals surface area (Å²) in [4.78, 5) is 30.9. The molecule has 1 aromatic heterocycles. The Labute approximate surface area is 126 Å². The molecule has 0 saturated heterocycles. The Balaban J connectivity index is 2.20. The Hall–Kier alpha value is -3.03. The number of hydrazine groups is 1. The second-order valence-corrected chi connectivity index (χ2v) is 4.78. The first-order chi connectivity index (χ1) is 10.4. The molecule has 114 valence electrons. The second kappa shape index (κ2) is 6.17. The number of carbonyl (C=O) groups excluding carboxylic acids is 1. The van der Waals surface area contributed by atoms with Gasteiger partial charge in [-0.1, -0.05) is 12.1 Å². The monoisotopic (exact) mass is 301 g/mol. The number of hydrogen-bond acceptors (Lipinski definition) is 6. The summed E-state index contributed by atoms with van der Waals surface area (Å²) in [6.07, 6.45) is 0. The summed E-state index contributed by atoms with van der Waals surface area (Å²) in [7, 11) is 0. The molecule has 1 heterocycles. The van der Waals surface area contributed by atoms with Crippen LogP contribution in [-0.4, -0.2) is 20.8 Å². The number of aromatic nitrogens is 2. The zero-order valence-electron chi connectivity index (χ0n) is 12.4. The Morgan fingerprint density at radius 3 is 2.41 bits per heavy atom. The highest BCUT2D eigenvalue weighted by Crippen LogP contribution is 2.22. The molecular weight excluding hydrogens is 286 g/mol. The first-order valence-electron chi connectivity index (χ1n) is 6.51. The predicted molar refractivity (Wildman–Crippen MR) is 80.4 cm³/mol. The molecule has 0 fully saturated rings. The van der Waals surface area contributed by atoms with Crippen LogP contribution in [0, 0.1) is 30.9 Å². The maximum atomic E-state index is 12.1. The summed E-state index contributed by atoms with van der Waals surface area (Å²) in [6, 6.07) is 6.35. The Morgan fingerprint density at radius 1 is 1.18 bits per heavy atom. The fraction of sp³-hybridized carbons (Fsp3) is 0.214. The number of carbonyl (C=O) groups is 1. The maximum Gasteiger partial charge on any atom is 0.285 e. The van der Waals surface area contributed by atoms with E-state index in [0.29, 0.717) is 5.56 Å². The van der Waals surface area contributed by atoms with Gasteiger partial charge < -0.3 is 0 Å². The molecule has 0 radical (unpaired) electrons. The van der Waals surface area contributed by atoms with Crippen LogP contribution in [0.1, 0.15) is 27.3 Å². The fourth-order valence-electron chi connectivity index (χ4n) is 2.05. The molecule has 0 bridgehead atoms. The van der Waals surface area contributed by atoms with Crippen LogP contribution in [0.5, 0.6) is 0 Å². The van der Waals surface area contributed by atoms with E-state index in [1.807, 2.05) is 0 Å². The molecule has 2 rings (SSSR count). The van der Waals surface area contributed by atoms with E-state index in [0.717, 1.165) is 11.4 Å². The van der Waals surface area contributed by atoms with Crippen molar-refractivity contribution in [2.75, 3.05) is 5.43 Å². The van der Waals surface area contributed by atoms with Crippen LogP contribution in [0.25, 0.3) is 0 Å². The summed E-state index contributed by atoms with van der Waals surface area (Å²) >= 11 is 0. The molecule has 1 amide bonds. The van der Waals surface area contributed by atoms with Crippen LogP contribution in [0.3, 0.4) is 0 Å². The van der Waals surface area contributed by atoms with E-state index >= 15 is 0 Å². The third-order valence-electron chi connectivity index (χ3n) is 2.94. The van der Waals surface area contributed by atoms with E-state index in [1.54, 1.807) is 39.0 Å². The third-order valence-corrected chi connectivity index (χ3v) is 2.94. The predicted octanol–water partition coefficient (Wildman–Crippen LogP) is 2.07. The zero-order chi connectivity index (χ0) is 16.3. The lowest BCUT2D eigenvalue weighted by Crippen LogP contribution is -2.31. The number of para-hydroxylation sites is 1. The van der Waals surface area contributed by atoms with Crippen LogP contribution in [0.15, 0.2) is 24.3 Å². The van der Waals surface area contributed by atoms with Gasteiger partial charge in [0.25, 0.3) is 11.6 Å². The maximum absolute atomic E-state index is 12.1. The van der Waals surface area contributed by atoms with Gasteiger partial charge >= 0.3 is 0 Å². The summed E-state index contributed by atoms with van der Waals surface area (Å²) in [5.74, 6) is -0.403. The van der Waals surface area contributed by atoms with Gasteiger partial charge in [-0.15, -0.1) is 0 Å². The molecule has 0 atom stereocenters. The molecule has 8 nitrogen and oxygen atoms in total. The smallest absolute Gasteiger partial charge is 0.267 e. The molecule has 2 N–H and O–H groups in total. The lowest BCUT2D eigenvalue weighted by Gasteiger charge is -2.09. The molecule has 2 aromatic rings. The topological polar surface area (TPSA) is 110 Å². The van der Waals surface area contributed by atoms with Crippen molar-refractivity contribution in [2.45, 2.75) is 20.8 Å². The van der Waals surface area contributed by atoms with E-state index in [4.69, 9.17) is 0 Å². The minimum absolute atomic E-state index is 0.0260. The summed E-state index contributed by atoms with van der Waals surface area (Å²) < 4.78 is 0. The molecule has 22 heavy (non-hydrogen) atoms. The van der Waals surface area contributed by atoms with Crippen LogP contribution in [-0.2, 0) is 0 Å². The Kier molecular flexibility index (Phi) is 4.31. The number of aryl methyl sites for hydroxylation is 3. The van der Waals surface area contributed by atoms with Gasteiger partial charge in [0.2, 0.25) is 5.95 Å². The third kappa shape index (κ3) is 3.35. The standard InChI is InChI=1S/C14H15N5O3/c1-8-5-4-6-11(12(8)19(21)22)13(20)17-18-14-15-9(2)7-10(3)16-14/h4-7H,1-3H3,(H,17,20)(H,15,16,18). The Morgan fingerprint density at radius 2 is 1.82 bits per heavy atom. The summed E-state index contributed by atoms with van der Waals surface area (Å²) in [6.45, 7) is 5.18. The van der Waals surface area contributed by atoms with Gasteiger partial charge in [0.1, 0.15) is 5.56 Å². The van der Waals surface area contributed by atoms with Crippen molar-refractivity contribution in [1.82, 2.24) is 15.4 Å². The minimum Gasteiger partial charge on any atom is -0.267 e. The number of nitro benzene ring substituents is 1. The van der Waals surface area contributed by atoms with Gasteiger partial charge in [0.05, 0.1) is 4.92 Å². The van der Waals surface area contributed by atoms with Crippen LogP contribution < -0.4 is 10.9 Å². The van der Waals surface area contributed by atoms with Gasteiger partial charge in [-0.2, -0.15) is 0 Å². The molecule has 1 aromatic carbocycles. The first kappa shape index (κ1) is 15.4. The van der Waals surface area contributed by atoms with Crippen LogP contribution in [0.2, 0.25) is 0 Å². The average Bonchev–Trinajstić information content (AvgIpc) is 2.43. The van der Waals surface area contributed by atoms with Crippen LogP contribution >= 0.6 is 0 Å². The van der Waals surface area contributed by atoms with Crippen molar-refractivity contribution in [3.8, 4) is 0 Å².